The summed E-state index contributed by atoms with van der Waals surface area (Å²) >= 11 is 1.38. The molecule has 0 bridgehead atoms. The highest BCUT2D eigenvalue weighted by Gasteiger charge is 2.17. The second kappa shape index (κ2) is 7.76. The van der Waals surface area contributed by atoms with Crippen molar-refractivity contribution in [1.29, 1.82) is 0 Å². The van der Waals surface area contributed by atoms with Crippen LogP contribution in [0.5, 0.6) is 0 Å². The lowest BCUT2D eigenvalue weighted by Gasteiger charge is -2.11. The van der Waals surface area contributed by atoms with E-state index in [1.807, 2.05) is 30.3 Å². The van der Waals surface area contributed by atoms with Gasteiger partial charge in [-0.05, 0) is 12.0 Å². The summed E-state index contributed by atoms with van der Waals surface area (Å²) in [6, 6.07) is 9.45. The van der Waals surface area contributed by atoms with Crippen molar-refractivity contribution >= 4 is 23.7 Å². The fourth-order valence-corrected chi connectivity index (χ4v) is 2.53. The standard InChI is InChI=1S/C13H16O4S/c14-12(15)6-7-18-9-11(13(16)17)8-10-4-2-1-3-5-10/h1-5,11H,6-9H2,(H,14,15)(H,16,17). The van der Waals surface area contributed by atoms with Crippen LogP contribution >= 0.6 is 11.8 Å². The molecule has 1 aromatic carbocycles. The molecule has 1 atom stereocenters. The van der Waals surface area contributed by atoms with Gasteiger partial charge >= 0.3 is 11.9 Å². The van der Waals surface area contributed by atoms with Crippen LogP contribution in [0.1, 0.15) is 12.0 Å². The average molecular weight is 268 g/mol. The van der Waals surface area contributed by atoms with E-state index in [0.29, 0.717) is 17.9 Å². The monoisotopic (exact) mass is 268 g/mol. The van der Waals surface area contributed by atoms with Gasteiger partial charge in [0.1, 0.15) is 0 Å². The van der Waals surface area contributed by atoms with Crippen molar-refractivity contribution < 1.29 is 19.8 Å². The van der Waals surface area contributed by atoms with Crippen LogP contribution in [0.4, 0.5) is 0 Å². The molecule has 0 aliphatic heterocycles. The lowest BCUT2D eigenvalue weighted by atomic mass is 10.0. The van der Waals surface area contributed by atoms with Gasteiger partial charge in [-0.25, -0.2) is 0 Å². The Kier molecular flexibility index (Phi) is 6.28. The Morgan fingerprint density at radius 1 is 1.17 bits per heavy atom. The quantitative estimate of drug-likeness (QED) is 0.706. The largest absolute Gasteiger partial charge is 0.481 e. The van der Waals surface area contributed by atoms with Crippen molar-refractivity contribution in [2.45, 2.75) is 12.8 Å². The third kappa shape index (κ3) is 5.72. The van der Waals surface area contributed by atoms with Crippen molar-refractivity contribution in [3.8, 4) is 0 Å². The highest BCUT2D eigenvalue weighted by molar-refractivity contribution is 7.99. The SMILES string of the molecule is O=C(O)CCSCC(Cc1ccccc1)C(=O)O. The average Bonchev–Trinajstić information content (AvgIpc) is 2.33. The molecule has 0 fully saturated rings. The number of aliphatic carboxylic acids is 2. The minimum absolute atomic E-state index is 0.0718. The number of carboxylic acids is 2. The summed E-state index contributed by atoms with van der Waals surface area (Å²) in [6.45, 7) is 0. The zero-order valence-electron chi connectivity index (χ0n) is 9.91. The summed E-state index contributed by atoms with van der Waals surface area (Å²) in [6.07, 6.45) is 0.554. The number of thioether (sulfide) groups is 1. The molecule has 5 heteroatoms. The van der Waals surface area contributed by atoms with Crippen LogP contribution in [-0.4, -0.2) is 33.7 Å². The minimum atomic E-state index is -0.850. The van der Waals surface area contributed by atoms with E-state index in [1.165, 1.54) is 11.8 Å². The maximum atomic E-state index is 11.1. The van der Waals surface area contributed by atoms with E-state index in [0.717, 1.165) is 5.56 Å². The molecule has 0 radical (unpaired) electrons. The Labute approximate surface area is 110 Å². The normalized spacial score (nSPS) is 12.0. The molecule has 1 unspecified atom stereocenters. The number of hydrogen-bond acceptors (Lipinski definition) is 3. The Morgan fingerprint density at radius 3 is 2.39 bits per heavy atom. The van der Waals surface area contributed by atoms with Gasteiger partial charge in [0.05, 0.1) is 12.3 Å². The number of carboxylic acid groups (broad SMARTS) is 2. The number of hydrogen-bond donors (Lipinski definition) is 2. The van der Waals surface area contributed by atoms with E-state index in [4.69, 9.17) is 10.2 Å². The van der Waals surface area contributed by atoms with E-state index in [9.17, 15) is 9.59 Å². The summed E-state index contributed by atoms with van der Waals surface area (Å²) in [4.78, 5) is 21.4. The lowest BCUT2D eigenvalue weighted by molar-refractivity contribution is -0.141. The maximum absolute atomic E-state index is 11.1. The lowest BCUT2D eigenvalue weighted by Crippen LogP contribution is -2.19. The molecule has 18 heavy (non-hydrogen) atoms. The van der Waals surface area contributed by atoms with Crippen molar-refractivity contribution in [2.75, 3.05) is 11.5 Å². The van der Waals surface area contributed by atoms with Crippen LogP contribution in [0.2, 0.25) is 0 Å². The Morgan fingerprint density at radius 2 is 1.83 bits per heavy atom. The summed E-state index contributed by atoms with van der Waals surface area (Å²) in [7, 11) is 0. The number of rotatable bonds is 8. The third-order valence-electron chi connectivity index (χ3n) is 2.45. The van der Waals surface area contributed by atoms with E-state index in [2.05, 4.69) is 0 Å². The summed E-state index contributed by atoms with van der Waals surface area (Å²) in [5.41, 5.74) is 0.990. The van der Waals surface area contributed by atoms with E-state index >= 15 is 0 Å². The molecule has 0 spiro atoms. The molecule has 0 heterocycles. The van der Waals surface area contributed by atoms with E-state index in [-0.39, 0.29) is 6.42 Å². The van der Waals surface area contributed by atoms with Crippen LogP contribution in [0.3, 0.4) is 0 Å². The molecule has 2 N–H and O–H groups in total. The van der Waals surface area contributed by atoms with Gasteiger partial charge < -0.3 is 10.2 Å². The molecule has 0 aliphatic carbocycles. The summed E-state index contributed by atoms with van der Waals surface area (Å²) < 4.78 is 0. The predicted molar refractivity (Wildman–Crippen MR) is 70.8 cm³/mol. The van der Waals surface area contributed by atoms with E-state index in [1.54, 1.807) is 0 Å². The molecule has 4 nitrogen and oxygen atoms in total. The van der Waals surface area contributed by atoms with Gasteiger partial charge in [-0.1, -0.05) is 30.3 Å². The molecule has 0 saturated carbocycles. The second-order valence-electron chi connectivity index (χ2n) is 3.94. The zero-order chi connectivity index (χ0) is 13.4. The molecular formula is C13H16O4S. The fraction of sp³-hybridized carbons (Fsp3) is 0.385. The maximum Gasteiger partial charge on any atom is 0.307 e. The first-order valence-corrected chi connectivity index (χ1v) is 6.81. The van der Waals surface area contributed by atoms with Crippen molar-refractivity contribution in [2.24, 2.45) is 5.92 Å². The van der Waals surface area contributed by atoms with Crippen molar-refractivity contribution in [1.82, 2.24) is 0 Å². The van der Waals surface area contributed by atoms with Crippen molar-refractivity contribution in [3.05, 3.63) is 35.9 Å². The number of carbonyl (C=O) groups is 2. The van der Waals surface area contributed by atoms with Crippen molar-refractivity contribution in [3.63, 3.8) is 0 Å². The van der Waals surface area contributed by atoms with Gasteiger partial charge in [-0.2, -0.15) is 11.8 Å². The first-order chi connectivity index (χ1) is 8.59. The van der Waals surface area contributed by atoms with Gasteiger partial charge in [0, 0.05) is 11.5 Å². The Bertz CT molecular complexity index is 391. The Balaban J connectivity index is 2.41. The van der Waals surface area contributed by atoms with Crippen LogP contribution in [0.25, 0.3) is 0 Å². The van der Waals surface area contributed by atoms with Gasteiger partial charge in [0.2, 0.25) is 0 Å². The molecule has 1 aromatic rings. The minimum Gasteiger partial charge on any atom is -0.481 e. The fourth-order valence-electron chi connectivity index (χ4n) is 1.50. The molecule has 0 aliphatic rings. The molecular weight excluding hydrogens is 252 g/mol. The highest BCUT2D eigenvalue weighted by Crippen LogP contribution is 2.15. The first kappa shape index (κ1) is 14.6. The van der Waals surface area contributed by atoms with Gasteiger partial charge in [-0.15, -0.1) is 0 Å². The topological polar surface area (TPSA) is 74.6 Å². The predicted octanol–water partition coefficient (Wildman–Crippen LogP) is 2.14. The third-order valence-corrected chi connectivity index (χ3v) is 3.58. The summed E-state index contributed by atoms with van der Waals surface area (Å²) in [5.74, 6) is -1.25. The van der Waals surface area contributed by atoms with Gasteiger partial charge in [0.15, 0.2) is 0 Å². The second-order valence-corrected chi connectivity index (χ2v) is 5.09. The molecule has 1 rings (SSSR count). The molecule has 0 amide bonds. The smallest absolute Gasteiger partial charge is 0.307 e. The van der Waals surface area contributed by atoms with Crippen LogP contribution in [0.15, 0.2) is 30.3 Å². The van der Waals surface area contributed by atoms with Gasteiger partial charge in [-0.3, -0.25) is 9.59 Å². The summed E-state index contributed by atoms with van der Waals surface area (Å²) in [5, 5.41) is 17.6. The number of benzene rings is 1. The van der Waals surface area contributed by atoms with Gasteiger partial charge in [0.25, 0.3) is 0 Å². The molecule has 98 valence electrons. The molecule has 0 aromatic heterocycles. The van der Waals surface area contributed by atoms with Crippen LogP contribution in [-0.2, 0) is 16.0 Å². The Hall–Kier alpha value is -1.49. The van der Waals surface area contributed by atoms with Crippen LogP contribution in [0, 0.1) is 5.92 Å². The first-order valence-electron chi connectivity index (χ1n) is 5.66. The van der Waals surface area contributed by atoms with Crippen LogP contribution < -0.4 is 0 Å². The highest BCUT2D eigenvalue weighted by atomic mass is 32.2. The zero-order valence-corrected chi connectivity index (χ0v) is 10.7. The van der Waals surface area contributed by atoms with E-state index < -0.39 is 17.9 Å². The molecule has 0 saturated heterocycles.